The molecule has 5 heteroatoms. The Morgan fingerprint density at radius 2 is 2.20 bits per heavy atom. The molecule has 2 saturated heterocycles. The number of ether oxygens (including phenoxy) is 1. The van der Waals surface area contributed by atoms with E-state index in [1.54, 1.807) is 0 Å². The zero-order valence-corrected chi connectivity index (χ0v) is 13.3. The summed E-state index contributed by atoms with van der Waals surface area (Å²) in [5.41, 5.74) is -0.582. The van der Waals surface area contributed by atoms with Gasteiger partial charge in [-0.25, -0.2) is 0 Å². The third kappa shape index (κ3) is 3.15. The van der Waals surface area contributed by atoms with E-state index >= 15 is 0 Å². The molecule has 2 aliphatic rings. The van der Waals surface area contributed by atoms with Gasteiger partial charge in [-0.1, -0.05) is 0 Å². The molecule has 2 heterocycles. The number of esters is 1. The van der Waals surface area contributed by atoms with Gasteiger partial charge in [-0.15, -0.1) is 0 Å². The summed E-state index contributed by atoms with van der Waals surface area (Å²) in [6, 6.07) is 1.30. The van der Waals surface area contributed by atoms with Gasteiger partial charge in [0, 0.05) is 31.7 Å². The fraction of sp³-hybridized carbons (Fsp3) is 0.933. The van der Waals surface area contributed by atoms with Gasteiger partial charge in [0.2, 0.25) is 0 Å². The van der Waals surface area contributed by atoms with Crippen molar-refractivity contribution in [2.75, 3.05) is 40.3 Å². The molecule has 2 aliphatic heterocycles. The number of piperazine rings is 1. The Balaban J connectivity index is 1.90. The number of hydrogen-bond acceptors (Lipinski definition) is 5. The Hall–Kier alpha value is -0.650. The zero-order chi connectivity index (χ0) is 14.8. The lowest BCUT2D eigenvalue weighted by molar-refractivity contribution is -0.148. The molecule has 5 nitrogen and oxygen atoms in total. The van der Waals surface area contributed by atoms with E-state index in [1.165, 1.54) is 33.0 Å². The Kier molecular flexibility index (Phi) is 5.04. The summed E-state index contributed by atoms with van der Waals surface area (Å²) in [4.78, 5) is 17.0. The van der Waals surface area contributed by atoms with Gasteiger partial charge in [0.05, 0.1) is 7.11 Å². The first kappa shape index (κ1) is 15.7. The number of fused-ring (bicyclic) bond motifs is 1. The van der Waals surface area contributed by atoms with Gasteiger partial charge < -0.3 is 10.1 Å². The van der Waals surface area contributed by atoms with Crippen LogP contribution < -0.4 is 5.32 Å². The van der Waals surface area contributed by atoms with Crippen LogP contribution in [0.4, 0.5) is 0 Å². The quantitative estimate of drug-likeness (QED) is 0.752. The van der Waals surface area contributed by atoms with E-state index in [2.05, 4.69) is 22.0 Å². The highest BCUT2D eigenvalue weighted by Crippen LogP contribution is 2.25. The molecule has 0 spiro atoms. The maximum Gasteiger partial charge on any atom is 0.325 e. The van der Waals surface area contributed by atoms with Crippen molar-refractivity contribution < 1.29 is 9.53 Å². The average molecular weight is 283 g/mol. The summed E-state index contributed by atoms with van der Waals surface area (Å²) in [6.07, 6.45) is 3.44. The van der Waals surface area contributed by atoms with Crippen LogP contribution in [0.15, 0.2) is 0 Å². The minimum absolute atomic E-state index is 0.174. The molecular weight excluding hydrogens is 254 g/mol. The third-order valence-electron chi connectivity index (χ3n) is 5.15. The fourth-order valence-electron chi connectivity index (χ4n) is 3.48. The zero-order valence-electron chi connectivity index (χ0n) is 13.3. The molecule has 0 bridgehead atoms. The summed E-state index contributed by atoms with van der Waals surface area (Å²) in [5, 5.41) is 3.12. The average Bonchev–Trinajstić information content (AvgIpc) is 2.90. The summed E-state index contributed by atoms with van der Waals surface area (Å²) < 4.78 is 4.91. The van der Waals surface area contributed by atoms with Gasteiger partial charge in [-0.3, -0.25) is 14.6 Å². The van der Waals surface area contributed by atoms with Crippen molar-refractivity contribution in [3.8, 4) is 0 Å². The molecule has 3 unspecified atom stereocenters. The number of rotatable bonds is 5. The molecule has 0 aliphatic carbocycles. The lowest BCUT2D eigenvalue weighted by Gasteiger charge is -2.43. The van der Waals surface area contributed by atoms with Gasteiger partial charge in [-0.05, 0) is 46.7 Å². The lowest BCUT2D eigenvalue weighted by atomic mass is 9.96. The van der Waals surface area contributed by atoms with Crippen molar-refractivity contribution in [1.29, 1.82) is 0 Å². The van der Waals surface area contributed by atoms with Gasteiger partial charge >= 0.3 is 5.97 Å². The number of nitrogens with one attached hydrogen (secondary N) is 1. The number of carbonyl (C=O) groups is 1. The summed E-state index contributed by atoms with van der Waals surface area (Å²) >= 11 is 0. The van der Waals surface area contributed by atoms with Gasteiger partial charge in [0.1, 0.15) is 5.54 Å². The van der Waals surface area contributed by atoms with Crippen LogP contribution in [0.2, 0.25) is 0 Å². The van der Waals surface area contributed by atoms with Crippen LogP contribution in [-0.4, -0.2) is 73.7 Å². The minimum atomic E-state index is -0.582. The van der Waals surface area contributed by atoms with Gasteiger partial charge in [0.15, 0.2) is 0 Å². The molecule has 116 valence electrons. The monoisotopic (exact) mass is 283 g/mol. The molecule has 2 fully saturated rings. The van der Waals surface area contributed by atoms with Crippen molar-refractivity contribution in [1.82, 2.24) is 15.1 Å². The maximum atomic E-state index is 11.9. The van der Waals surface area contributed by atoms with Crippen molar-refractivity contribution in [2.45, 2.75) is 50.7 Å². The van der Waals surface area contributed by atoms with Crippen molar-refractivity contribution in [3.63, 3.8) is 0 Å². The van der Waals surface area contributed by atoms with Crippen LogP contribution in [0.3, 0.4) is 0 Å². The van der Waals surface area contributed by atoms with E-state index in [0.717, 1.165) is 25.6 Å². The summed E-state index contributed by atoms with van der Waals surface area (Å²) in [5.74, 6) is -0.174. The molecule has 2 rings (SSSR count). The Morgan fingerprint density at radius 3 is 2.85 bits per heavy atom. The molecule has 0 aromatic carbocycles. The van der Waals surface area contributed by atoms with E-state index < -0.39 is 5.54 Å². The Labute approximate surface area is 122 Å². The highest BCUT2D eigenvalue weighted by molar-refractivity contribution is 5.80. The number of methoxy groups -OCH3 is 1. The second-order valence-corrected chi connectivity index (χ2v) is 6.46. The number of hydrogen-bond donors (Lipinski definition) is 1. The SMILES string of the molecule is CNC(C)(CCN1CC2CCCN2CC1C)C(=O)OC. The molecule has 0 radical (unpaired) electrons. The number of carbonyl (C=O) groups excluding carboxylic acids is 1. The first-order chi connectivity index (χ1) is 9.50. The normalized spacial score (nSPS) is 30.8. The largest absolute Gasteiger partial charge is 0.468 e. The predicted molar refractivity (Wildman–Crippen MR) is 79.7 cm³/mol. The van der Waals surface area contributed by atoms with Crippen LogP contribution in [0.25, 0.3) is 0 Å². The van der Waals surface area contributed by atoms with E-state index in [-0.39, 0.29) is 5.97 Å². The first-order valence-electron chi connectivity index (χ1n) is 7.75. The van der Waals surface area contributed by atoms with Crippen LogP contribution in [-0.2, 0) is 9.53 Å². The second-order valence-electron chi connectivity index (χ2n) is 6.46. The van der Waals surface area contributed by atoms with Crippen LogP contribution in [0.5, 0.6) is 0 Å². The first-order valence-corrected chi connectivity index (χ1v) is 7.75. The minimum Gasteiger partial charge on any atom is -0.468 e. The standard InChI is InChI=1S/C15H29N3O2/c1-12-10-18-8-5-6-13(18)11-17(12)9-7-15(2,16-3)14(19)20-4/h12-13,16H,5-11H2,1-4H3. The Bertz CT molecular complexity index is 350. The van der Waals surface area contributed by atoms with Crippen molar-refractivity contribution >= 4 is 5.97 Å². The molecule has 0 amide bonds. The van der Waals surface area contributed by atoms with Crippen molar-refractivity contribution in [3.05, 3.63) is 0 Å². The number of likely N-dealkylation sites (N-methyl/N-ethyl adjacent to an activating group) is 1. The molecule has 0 saturated carbocycles. The predicted octanol–water partition coefficient (Wildman–Crippen LogP) is 0.696. The maximum absolute atomic E-state index is 11.9. The van der Waals surface area contributed by atoms with E-state index in [1.807, 2.05) is 14.0 Å². The topological polar surface area (TPSA) is 44.8 Å². The summed E-state index contributed by atoms with van der Waals surface area (Å²) in [7, 11) is 3.28. The smallest absolute Gasteiger partial charge is 0.325 e. The van der Waals surface area contributed by atoms with Crippen LogP contribution in [0.1, 0.15) is 33.1 Å². The highest BCUT2D eigenvalue weighted by atomic mass is 16.5. The third-order valence-corrected chi connectivity index (χ3v) is 5.15. The van der Waals surface area contributed by atoms with E-state index in [4.69, 9.17) is 4.74 Å². The fourth-order valence-corrected chi connectivity index (χ4v) is 3.48. The van der Waals surface area contributed by atoms with Crippen molar-refractivity contribution in [2.24, 2.45) is 0 Å². The highest BCUT2D eigenvalue weighted by Gasteiger charge is 2.37. The molecule has 1 N–H and O–H groups in total. The molecule has 3 atom stereocenters. The Morgan fingerprint density at radius 1 is 1.45 bits per heavy atom. The second kappa shape index (κ2) is 6.41. The van der Waals surface area contributed by atoms with Gasteiger partial charge in [-0.2, -0.15) is 0 Å². The van der Waals surface area contributed by atoms with E-state index in [9.17, 15) is 4.79 Å². The van der Waals surface area contributed by atoms with Crippen LogP contribution >= 0.6 is 0 Å². The molecule has 0 aromatic rings. The molecular formula is C15H29N3O2. The summed E-state index contributed by atoms with van der Waals surface area (Å²) in [6.45, 7) is 8.73. The van der Waals surface area contributed by atoms with Gasteiger partial charge in [0.25, 0.3) is 0 Å². The lowest BCUT2D eigenvalue weighted by Crippen LogP contribution is -2.57. The van der Waals surface area contributed by atoms with Crippen LogP contribution in [0, 0.1) is 0 Å². The number of nitrogens with zero attached hydrogens (tertiary/aromatic N) is 2. The molecule has 20 heavy (non-hydrogen) atoms. The van der Waals surface area contributed by atoms with E-state index in [0.29, 0.717) is 6.04 Å². The molecule has 0 aromatic heterocycles.